The van der Waals surface area contributed by atoms with Gasteiger partial charge in [0.15, 0.2) is 5.69 Å². The lowest BCUT2D eigenvalue weighted by Gasteiger charge is -2.29. The molecule has 3 aromatic heterocycles. The van der Waals surface area contributed by atoms with Crippen LogP contribution in [0.3, 0.4) is 0 Å². The Hall–Kier alpha value is -3.16. The average Bonchev–Trinajstić information content (AvgIpc) is 3.25. The predicted molar refractivity (Wildman–Crippen MR) is 102 cm³/mol. The van der Waals surface area contributed by atoms with Crippen molar-refractivity contribution in [3.8, 4) is 5.69 Å². The van der Waals surface area contributed by atoms with Crippen molar-refractivity contribution < 1.29 is 4.79 Å². The van der Waals surface area contributed by atoms with Crippen molar-refractivity contribution in [2.24, 2.45) is 5.73 Å². The second-order valence-corrected chi connectivity index (χ2v) is 7.11. The largest absolute Gasteiger partial charge is 0.364 e. The standard InChI is InChI=1S/C19H23N7O/c1-12(2)25-16-7-9-24(11-15(16)18(23-25)19(20)27)17-5-4-14(10-21-17)26-13(3)6-8-22-26/h4-6,8,10,12H,7,9,11H2,1-3H3,(H2,20,27). The Labute approximate surface area is 157 Å². The first-order valence-corrected chi connectivity index (χ1v) is 9.07. The number of amides is 1. The molecule has 8 heteroatoms. The van der Waals surface area contributed by atoms with Crippen LogP contribution in [0.25, 0.3) is 5.69 Å². The molecule has 0 aliphatic carbocycles. The highest BCUT2D eigenvalue weighted by Crippen LogP contribution is 2.28. The van der Waals surface area contributed by atoms with Gasteiger partial charge in [-0.1, -0.05) is 0 Å². The summed E-state index contributed by atoms with van der Waals surface area (Å²) in [6.07, 6.45) is 4.39. The van der Waals surface area contributed by atoms with Crippen LogP contribution in [0.2, 0.25) is 0 Å². The molecule has 0 atom stereocenters. The van der Waals surface area contributed by atoms with Crippen molar-refractivity contribution in [1.29, 1.82) is 0 Å². The van der Waals surface area contributed by atoms with E-state index in [1.807, 2.05) is 40.7 Å². The molecular formula is C19H23N7O. The van der Waals surface area contributed by atoms with Crippen LogP contribution in [0.1, 0.15) is 47.3 Å². The predicted octanol–water partition coefficient (Wildman–Crippen LogP) is 2.01. The van der Waals surface area contributed by atoms with Crippen molar-refractivity contribution in [2.75, 3.05) is 11.4 Å². The fourth-order valence-corrected chi connectivity index (χ4v) is 3.60. The number of fused-ring (bicyclic) bond motifs is 1. The number of anilines is 1. The van der Waals surface area contributed by atoms with Gasteiger partial charge in [0.2, 0.25) is 0 Å². The normalized spacial score (nSPS) is 13.9. The molecule has 0 radical (unpaired) electrons. The van der Waals surface area contributed by atoms with Crippen molar-refractivity contribution in [2.45, 2.75) is 39.8 Å². The minimum Gasteiger partial charge on any atom is -0.364 e. The molecule has 0 saturated heterocycles. The summed E-state index contributed by atoms with van der Waals surface area (Å²) in [5, 5.41) is 8.77. The maximum absolute atomic E-state index is 11.9. The number of aromatic nitrogens is 5. The lowest BCUT2D eigenvalue weighted by Crippen LogP contribution is -2.32. The second-order valence-electron chi connectivity index (χ2n) is 7.11. The third-order valence-corrected chi connectivity index (χ3v) is 4.94. The fourth-order valence-electron chi connectivity index (χ4n) is 3.60. The Morgan fingerprint density at radius 3 is 2.67 bits per heavy atom. The quantitative estimate of drug-likeness (QED) is 0.763. The number of primary amides is 1. The number of aryl methyl sites for hydroxylation is 1. The van der Waals surface area contributed by atoms with E-state index < -0.39 is 5.91 Å². The van der Waals surface area contributed by atoms with E-state index in [0.717, 1.165) is 41.4 Å². The average molecular weight is 365 g/mol. The van der Waals surface area contributed by atoms with Gasteiger partial charge in [-0.05, 0) is 39.0 Å². The minimum absolute atomic E-state index is 0.188. The van der Waals surface area contributed by atoms with Gasteiger partial charge in [-0.2, -0.15) is 10.2 Å². The van der Waals surface area contributed by atoms with Crippen molar-refractivity contribution in [3.05, 3.63) is 53.2 Å². The van der Waals surface area contributed by atoms with Crippen LogP contribution in [0.15, 0.2) is 30.6 Å². The summed E-state index contributed by atoms with van der Waals surface area (Å²) in [5.41, 5.74) is 9.92. The summed E-state index contributed by atoms with van der Waals surface area (Å²) in [7, 11) is 0. The molecule has 1 amide bonds. The van der Waals surface area contributed by atoms with Crippen LogP contribution in [-0.2, 0) is 13.0 Å². The van der Waals surface area contributed by atoms with Crippen LogP contribution in [0, 0.1) is 6.92 Å². The van der Waals surface area contributed by atoms with Gasteiger partial charge >= 0.3 is 0 Å². The summed E-state index contributed by atoms with van der Waals surface area (Å²) in [4.78, 5) is 18.6. The summed E-state index contributed by atoms with van der Waals surface area (Å²) < 4.78 is 3.77. The maximum Gasteiger partial charge on any atom is 0.269 e. The number of nitrogens with zero attached hydrogens (tertiary/aromatic N) is 6. The summed E-state index contributed by atoms with van der Waals surface area (Å²) >= 11 is 0. The highest BCUT2D eigenvalue weighted by molar-refractivity contribution is 5.92. The van der Waals surface area contributed by atoms with Crippen molar-refractivity contribution >= 4 is 11.7 Å². The molecule has 0 saturated carbocycles. The van der Waals surface area contributed by atoms with Crippen LogP contribution in [0.5, 0.6) is 0 Å². The molecule has 0 aromatic carbocycles. The van der Waals surface area contributed by atoms with Crippen molar-refractivity contribution in [3.63, 3.8) is 0 Å². The molecule has 3 aromatic rings. The summed E-state index contributed by atoms with van der Waals surface area (Å²) in [6.45, 7) is 7.51. The smallest absolute Gasteiger partial charge is 0.269 e. The van der Waals surface area contributed by atoms with E-state index in [1.165, 1.54) is 0 Å². The SMILES string of the molecule is Cc1ccnn1-c1ccc(N2CCc3c(c(C(N)=O)nn3C(C)C)C2)nc1. The molecule has 0 fully saturated rings. The third kappa shape index (κ3) is 2.97. The van der Waals surface area contributed by atoms with Crippen LogP contribution in [0.4, 0.5) is 5.82 Å². The van der Waals surface area contributed by atoms with Gasteiger partial charge in [0.1, 0.15) is 5.82 Å². The Morgan fingerprint density at radius 1 is 1.26 bits per heavy atom. The molecule has 1 aliphatic rings. The van der Waals surface area contributed by atoms with E-state index in [0.29, 0.717) is 12.2 Å². The van der Waals surface area contributed by atoms with E-state index in [2.05, 4.69) is 33.9 Å². The highest BCUT2D eigenvalue weighted by Gasteiger charge is 2.28. The van der Waals surface area contributed by atoms with Crippen molar-refractivity contribution in [1.82, 2.24) is 24.5 Å². The molecule has 8 nitrogen and oxygen atoms in total. The molecule has 1 aliphatic heterocycles. The molecule has 4 rings (SSSR count). The Balaban J connectivity index is 1.63. The summed E-state index contributed by atoms with van der Waals surface area (Å²) in [5.74, 6) is 0.381. The lowest BCUT2D eigenvalue weighted by molar-refractivity contribution is 0.0993. The number of pyridine rings is 1. The van der Waals surface area contributed by atoms with Gasteiger partial charge < -0.3 is 10.6 Å². The van der Waals surface area contributed by atoms with E-state index >= 15 is 0 Å². The lowest BCUT2D eigenvalue weighted by atomic mass is 10.0. The van der Waals surface area contributed by atoms with Crippen LogP contribution in [-0.4, -0.2) is 37.0 Å². The van der Waals surface area contributed by atoms with E-state index in [9.17, 15) is 4.79 Å². The van der Waals surface area contributed by atoms with Gasteiger partial charge in [0, 0.05) is 48.7 Å². The van der Waals surface area contributed by atoms with E-state index in [-0.39, 0.29) is 6.04 Å². The van der Waals surface area contributed by atoms with Crippen LogP contribution >= 0.6 is 0 Å². The van der Waals surface area contributed by atoms with Crippen LogP contribution < -0.4 is 10.6 Å². The molecule has 0 bridgehead atoms. The van der Waals surface area contributed by atoms with E-state index in [4.69, 9.17) is 5.73 Å². The zero-order valence-corrected chi connectivity index (χ0v) is 15.8. The second kappa shape index (κ2) is 6.53. The van der Waals surface area contributed by atoms with Gasteiger partial charge in [-0.25, -0.2) is 9.67 Å². The number of carbonyl (C=O) groups excluding carboxylic acids is 1. The van der Waals surface area contributed by atoms with Gasteiger partial charge in [-0.15, -0.1) is 0 Å². The maximum atomic E-state index is 11.9. The molecule has 4 heterocycles. The topological polar surface area (TPSA) is 94.9 Å². The number of hydrogen-bond acceptors (Lipinski definition) is 5. The zero-order valence-electron chi connectivity index (χ0n) is 15.8. The highest BCUT2D eigenvalue weighted by atomic mass is 16.1. The van der Waals surface area contributed by atoms with E-state index in [1.54, 1.807) is 6.20 Å². The first-order chi connectivity index (χ1) is 13.0. The molecule has 0 unspecified atom stereocenters. The fraction of sp³-hybridized carbons (Fsp3) is 0.368. The number of nitrogens with two attached hydrogens (primary N) is 1. The number of hydrogen-bond donors (Lipinski definition) is 1. The monoisotopic (exact) mass is 365 g/mol. The molecule has 0 spiro atoms. The third-order valence-electron chi connectivity index (χ3n) is 4.94. The molecule has 27 heavy (non-hydrogen) atoms. The summed E-state index contributed by atoms with van der Waals surface area (Å²) in [6, 6.07) is 6.13. The molecule has 140 valence electrons. The molecule has 2 N–H and O–H groups in total. The van der Waals surface area contributed by atoms with Gasteiger partial charge in [-0.3, -0.25) is 9.48 Å². The Kier molecular flexibility index (Phi) is 4.18. The number of rotatable bonds is 4. The Morgan fingerprint density at radius 2 is 2.07 bits per heavy atom. The van der Waals surface area contributed by atoms with Gasteiger partial charge in [0.25, 0.3) is 5.91 Å². The first-order valence-electron chi connectivity index (χ1n) is 9.07. The Bertz CT molecular complexity index is 984. The number of carbonyl (C=O) groups is 1. The first kappa shape index (κ1) is 17.3. The zero-order chi connectivity index (χ0) is 19.1. The minimum atomic E-state index is -0.482. The van der Waals surface area contributed by atoms with Gasteiger partial charge in [0.05, 0.1) is 11.9 Å². The molecular weight excluding hydrogens is 342 g/mol.